The van der Waals surface area contributed by atoms with Crippen molar-refractivity contribution in [1.29, 1.82) is 0 Å². The molecular formula is C20H24N4O2. The number of fused-ring (bicyclic) bond motifs is 1. The summed E-state index contributed by atoms with van der Waals surface area (Å²) in [6.45, 7) is 0.736. The molecule has 0 bridgehead atoms. The number of methoxy groups -OCH3 is 1. The fourth-order valence-corrected chi connectivity index (χ4v) is 4.13. The minimum Gasteiger partial charge on any atom is -0.497 e. The van der Waals surface area contributed by atoms with Crippen molar-refractivity contribution < 1.29 is 9.53 Å². The second-order valence-electron chi connectivity index (χ2n) is 7.00. The molecule has 0 radical (unpaired) electrons. The Bertz CT molecular complexity index is 837. The van der Waals surface area contributed by atoms with Gasteiger partial charge < -0.3 is 15.4 Å². The Morgan fingerprint density at radius 3 is 2.92 bits per heavy atom. The summed E-state index contributed by atoms with van der Waals surface area (Å²) in [4.78, 5) is 24.0. The van der Waals surface area contributed by atoms with Gasteiger partial charge in [0.15, 0.2) is 0 Å². The van der Waals surface area contributed by atoms with Gasteiger partial charge in [-0.05, 0) is 56.2 Å². The fraction of sp³-hybridized carbons (Fsp3) is 0.450. The number of anilines is 1. The first-order chi connectivity index (χ1) is 12.7. The molecule has 1 aliphatic heterocycles. The summed E-state index contributed by atoms with van der Waals surface area (Å²) >= 11 is 0. The zero-order valence-electron chi connectivity index (χ0n) is 15.1. The highest BCUT2D eigenvalue weighted by atomic mass is 16.5. The van der Waals surface area contributed by atoms with Crippen LogP contribution >= 0.6 is 0 Å². The topological polar surface area (TPSA) is 81.3 Å². The molecule has 0 saturated carbocycles. The molecule has 136 valence electrons. The average molecular weight is 352 g/mol. The van der Waals surface area contributed by atoms with Gasteiger partial charge in [0.25, 0.3) is 5.91 Å². The van der Waals surface area contributed by atoms with Crippen molar-refractivity contribution >= 4 is 11.9 Å². The number of nitrogen functional groups attached to an aromatic ring is 1. The van der Waals surface area contributed by atoms with Crippen LogP contribution in [0.1, 0.15) is 59.0 Å². The molecule has 1 aromatic carbocycles. The molecular weight excluding hydrogens is 328 g/mol. The lowest BCUT2D eigenvalue weighted by atomic mass is 9.94. The number of hydrogen-bond donors (Lipinski definition) is 1. The van der Waals surface area contributed by atoms with Gasteiger partial charge in [-0.1, -0.05) is 12.1 Å². The number of amides is 1. The molecule has 1 unspecified atom stereocenters. The van der Waals surface area contributed by atoms with E-state index in [4.69, 9.17) is 10.5 Å². The van der Waals surface area contributed by atoms with Crippen molar-refractivity contribution in [2.24, 2.45) is 0 Å². The second-order valence-corrected chi connectivity index (χ2v) is 7.00. The van der Waals surface area contributed by atoms with E-state index in [-0.39, 0.29) is 17.9 Å². The van der Waals surface area contributed by atoms with E-state index in [2.05, 4.69) is 16.0 Å². The van der Waals surface area contributed by atoms with Crippen molar-refractivity contribution in [2.75, 3.05) is 19.4 Å². The van der Waals surface area contributed by atoms with E-state index >= 15 is 0 Å². The number of aryl methyl sites for hydroxylation is 1. The van der Waals surface area contributed by atoms with Crippen LogP contribution in [0.5, 0.6) is 5.75 Å². The van der Waals surface area contributed by atoms with Crippen LogP contribution < -0.4 is 10.5 Å². The predicted octanol–water partition coefficient (Wildman–Crippen LogP) is 2.92. The normalized spacial score (nSPS) is 19.3. The number of nitrogens with two attached hydrogens (primary N) is 1. The lowest BCUT2D eigenvalue weighted by Crippen LogP contribution is -2.33. The van der Waals surface area contributed by atoms with Crippen molar-refractivity contribution in [2.45, 2.75) is 44.6 Å². The van der Waals surface area contributed by atoms with Crippen LogP contribution in [0.4, 0.5) is 5.95 Å². The van der Waals surface area contributed by atoms with Gasteiger partial charge >= 0.3 is 0 Å². The quantitative estimate of drug-likeness (QED) is 0.918. The third kappa shape index (κ3) is 3.00. The summed E-state index contributed by atoms with van der Waals surface area (Å²) in [5.41, 5.74) is 9.44. The first kappa shape index (κ1) is 16.8. The number of benzene rings is 1. The number of aromatic nitrogens is 2. The molecule has 4 rings (SSSR count). The maximum atomic E-state index is 13.4. The van der Waals surface area contributed by atoms with E-state index in [1.54, 1.807) is 7.11 Å². The standard InChI is InChI=1S/C20H24N4O2/c1-26-14-7-4-6-13(12-14)17-10-5-11-24(17)19(25)18-15-8-2-3-9-16(15)22-20(21)23-18/h4,6-7,12,17H,2-3,5,8-11H2,1H3,(H2,21,22,23). The molecule has 1 fully saturated rings. The van der Waals surface area contributed by atoms with Crippen LogP contribution in [0.3, 0.4) is 0 Å². The lowest BCUT2D eigenvalue weighted by Gasteiger charge is -2.27. The molecule has 1 atom stereocenters. The molecule has 1 saturated heterocycles. The molecule has 6 heteroatoms. The zero-order valence-corrected chi connectivity index (χ0v) is 15.1. The van der Waals surface area contributed by atoms with Crippen molar-refractivity contribution in [3.8, 4) is 5.75 Å². The Hall–Kier alpha value is -2.63. The number of carbonyl (C=O) groups excluding carboxylic acids is 1. The highest BCUT2D eigenvalue weighted by Gasteiger charge is 2.33. The third-order valence-corrected chi connectivity index (χ3v) is 5.40. The Morgan fingerprint density at radius 2 is 2.08 bits per heavy atom. The van der Waals surface area contributed by atoms with Gasteiger partial charge in [0.05, 0.1) is 13.2 Å². The summed E-state index contributed by atoms with van der Waals surface area (Å²) < 4.78 is 5.34. The van der Waals surface area contributed by atoms with Gasteiger partial charge in [0, 0.05) is 17.8 Å². The summed E-state index contributed by atoms with van der Waals surface area (Å²) in [5.74, 6) is 0.985. The Labute approximate surface area is 153 Å². The number of nitrogens with zero attached hydrogens (tertiary/aromatic N) is 3. The first-order valence-electron chi connectivity index (χ1n) is 9.27. The Morgan fingerprint density at radius 1 is 1.23 bits per heavy atom. The largest absolute Gasteiger partial charge is 0.497 e. The van der Waals surface area contributed by atoms with Gasteiger partial charge in [0.1, 0.15) is 11.4 Å². The molecule has 2 aliphatic rings. The monoisotopic (exact) mass is 352 g/mol. The molecule has 1 aromatic heterocycles. The number of ether oxygens (including phenoxy) is 1. The van der Waals surface area contributed by atoms with Crippen molar-refractivity contribution in [3.05, 3.63) is 46.8 Å². The fourth-order valence-electron chi connectivity index (χ4n) is 4.13. The van der Waals surface area contributed by atoms with E-state index < -0.39 is 0 Å². The maximum Gasteiger partial charge on any atom is 0.273 e. The van der Waals surface area contributed by atoms with Crippen LogP contribution in [0, 0.1) is 0 Å². The molecule has 2 heterocycles. The zero-order chi connectivity index (χ0) is 18.1. The average Bonchev–Trinajstić information content (AvgIpc) is 3.16. The summed E-state index contributed by atoms with van der Waals surface area (Å²) in [7, 11) is 1.66. The Balaban J connectivity index is 1.68. The Kier molecular flexibility index (Phi) is 4.49. The van der Waals surface area contributed by atoms with E-state index in [1.807, 2.05) is 23.1 Å². The van der Waals surface area contributed by atoms with Gasteiger partial charge in [-0.3, -0.25) is 4.79 Å². The van der Waals surface area contributed by atoms with Crippen LogP contribution in [-0.2, 0) is 12.8 Å². The van der Waals surface area contributed by atoms with Gasteiger partial charge in [0.2, 0.25) is 5.95 Å². The van der Waals surface area contributed by atoms with Gasteiger partial charge in [-0.15, -0.1) is 0 Å². The highest BCUT2D eigenvalue weighted by Crippen LogP contribution is 2.35. The smallest absolute Gasteiger partial charge is 0.273 e. The van der Waals surface area contributed by atoms with Crippen molar-refractivity contribution in [1.82, 2.24) is 14.9 Å². The minimum absolute atomic E-state index is 0.0254. The van der Waals surface area contributed by atoms with Crippen LogP contribution in [0.15, 0.2) is 24.3 Å². The summed E-state index contributed by atoms with van der Waals surface area (Å²) in [5, 5.41) is 0. The molecule has 1 amide bonds. The highest BCUT2D eigenvalue weighted by molar-refractivity contribution is 5.94. The van der Waals surface area contributed by atoms with Crippen molar-refractivity contribution in [3.63, 3.8) is 0 Å². The van der Waals surface area contributed by atoms with Crippen LogP contribution in [0.25, 0.3) is 0 Å². The van der Waals surface area contributed by atoms with E-state index in [1.165, 1.54) is 0 Å². The van der Waals surface area contributed by atoms with Crippen LogP contribution in [-0.4, -0.2) is 34.4 Å². The number of hydrogen-bond acceptors (Lipinski definition) is 5. The third-order valence-electron chi connectivity index (χ3n) is 5.40. The van der Waals surface area contributed by atoms with E-state index in [9.17, 15) is 4.79 Å². The molecule has 2 N–H and O–H groups in total. The minimum atomic E-state index is -0.0254. The molecule has 6 nitrogen and oxygen atoms in total. The van der Waals surface area contributed by atoms with Crippen LogP contribution in [0.2, 0.25) is 0 Å². The first-order valence-corrected chi connectivity index (χ1v) is 9.27. The molecule has 26 heavy (non-hydrogen) atoms. The maximum absolute atomic E-state index is 13.4. The van der Waals surface area contributed by atoms with Gasteiger partial charge in [-0.25, -0.2) is 9.97 Å². The second kappa shape index (κ2) is 6.94. The number of carbonyl (C=O) groups is 1. The number of rotatable bonds is 3. The SMILES string of the molecule is COc1cccc(C2CCCN2C(=O)c2nc(N)nc3c2CCCC3)c1. The predicted molar refractivity (Wildman–Crippen MR) is 99.1 cm³/mol. The van der Waals surface area contributed by atoms with Gasteiger partial charge in [-0.2, -0.15) is 0 Å². The van der Waals surface area contributed by atoms with E-state index in [0.717, 1.165) is 67.6 Å². The summed E-state index contributed by atoms with van der Waals surface area (Å²) in [6.07, 6.45) is 5.82. The van der Waals surface area contributed by atoms with E-state index in [0.29, 0.717) is 5.69 Å². The molecule has 1 aliphatic carbocycles. The molecule has 0 spiro atoms. The number of likely N-dealkylation sites (tertiary alicyclic amines) is 1. The lowest BCUT2D eigenvalue weighted by molar-refractivity contribution is 0.0727. The molecule has 2 aromatic rings. The summed E-state index contributed by atoms with van der Waals surface area (Å²) in [6, 6.07) is 8.02.